The molecular formula is C12H13N2O2-. The molecule has 0 aliphatic carbocycles. The predicted molar refractivity (Wildman–Crippen MR) is 63.0 cm³/mol. The zero-order chi connectivity index (χ0) is 11.5. The number of carbonyl (C=O) groups is 1. The molecule has 4 heteroatoms. The molecule has 0 bridgehead atoms. The molecule has 2 rings (SSSR count). The number of hydroxylamine groups is 1. The fraction of sp³-hybridized carbons (Fsp3) is 0.250. The lowest BCUT2D eigenvalue weighted by Crippen LogP contribution is -2.33. The highest BCUT2D eigenvalue weighted by atomic mass is 16.5. The molecule has 1 aromatic heterocycles. The van der Waals surface area contributed by atoms with Gasteiger partial charge >= 0.3 is 0 Å². The van der Waals surface area contributed by atoms with Crippen LogP contribution in [0.1, 0.15) is 12.5 Å². The summed E-state index contributed by atoms with van der Waals surface area (Å²) in [5.41, 5.74) is 3.80. The molecule has 16 heavy (non-hydrogen) atoms. The first-order valence-corrected chi connectivity index (χ1v) is 5.15. The molecule has 0 unspecified atom stereocenters. The van der Waals surface area contributed by atoms with Crippen LogP contribution in [0.2, 0.25) is 0 Å². The lowest BCUT2D eigenvalue weighted by atomic mass is 10.0. The Hall–Kier alpha value is -1.65. The molecular weight excluding hydrogens is 204 g/mol. The van der Waals surface area contributed by atoms with Crippen molar-refractivity contribution < 1.29 is 4.79 Å². The number of fused-ring (bicyclic) bond motifs is 1. The summed E-state index contributed by atoms with van der Waals surface area (Å²) in [5.74, 6) is -0.139. The Morgan fingerprint density at radius 3 is 2.94 bits per heavy atom. The molecule has 84 valence electrons. The Morgan fingerprint density at radius 1 is 1.50 bits per heavy atom. The second-order valence-corrected chi connectivity index (χ2v) is 3.84. The van der Waals surface area contributed by atoms with E-state index in [1.165, 1.54) is 6.92 Å². The Labute approximate surface area is 93.2 Å². The number of aromatic amines is 1. The first kappa shape index (κ1) is 10.9. The van der Waals surface area contributed by atoms with Crippen LogP contribution in [0, 0.1) is 5.21 Å². The maximum atomic E-state index is 11.2. The third-order valence-electron chi connectivity index (χ3n) is 2.73. The second kappa shape index (κ2) is 4.47. The number of H-pyrrole nitrogens is 1. The number of aromatic nitrogens is 1. The highest BCUT2D eigenvalue weighted by Gasteiger charge is 2.12. The van der Waals surface area contributed by atoms with Crippen molar-refractivity contribution in [1.82, 2.24) is 10.5 Å². The van der Waals surface area contributed by atoms with Crippen LogP contribution in [0.3, 0.4) is 0 Å². The quantitative estimate of drug-likeness (QED) is 0.767. The zero-order valence-electron chi connectivity index (χ0n) is 8.99. The molecule has 0 radical (unpaired) electrons. The molecule has 4 nitrogen and oxygen atoms in total. The van der Waals surface area contributed by atoms with E-state index < -0.39 is 6.04 Å². The SMILES string of the molecule is CC(=O)[C@@H](Cc1c[nH]c2ccccc12)N[O-]. The lowest BCUT2D eigenvalue weighted by Gasteiger charge is -2.18. The first-order chi connectivity index (χ1) is 7.72. The summed E-state index contributed by atoms with van der Waals surface area (Å²) in [6, 6.07) is 7.17. The maximum Gasteiger partial charge on any atom is 0.146 e. The van der Waals surface area contributed by atoms with Crippen LogP contribution < -0.4 is 5.48 Å². The van der Waals surface area contributed by atoms with Gasteiger partial charge in [0.1, 0.15) is 5.78 Å². The Morgan fingerprint density at radius 2 is 2.25 bits per heavy atom. The molecule has 0 saturated heterocycles. The predicted octanol–water partition coefficient (Wildman–Crippen LogP) is 1.76. The molecule has 1 atom stereocenters. The monoisotopic (exact) mass is 217 g/mol. The van der Waals surface area contributed by atoms with Gasteiger partial charge in [-0.1, -0.05) is 18.2 Å². The number of carbonyl (C=O) groups excluding carboxylic acids is 1. The van der Waals surface area contributed by atoms with Gasteiger partial charge in [0.15, 0.2) is 0 Å². The lowest BCUT2D eigenvalue weighted by molar-refractivity contribution is -0.118. The van der Waals surface area contributed by atoms with Crippen LogP contribution in [0.15, 0.2) is 30.5 Å². The fourth-order valence-electron chi connectivity index (χ4n) is 1.79. The van der Waals surface area contributed by atoms with Crippen molar-refractivity contribution in [3.63, 3.8) is 0 Å². The van der Waals surface area contributed by atoms with Gasteiger partial charge in [-0.2, -0.15) is 0 Å². The number of rotatable bonds is 4. The number of Topliss-reactive ketones (excluding diaryl/α,β-unsaturated/α-hetero) is 1. The van der Waals surface area contributed by atoms with E-state index >= 15 is 0 Å². The van der Waals surface area contributed by atoms with Crippen molar-refractivity contribution >= 4 is 16.7 Å². The first-order valence-electron chi connectivity index (χ1n) is 5.15. The van der Waals surface area contributed by atoms with Crippen LogP contribution in [0.5, 0.6) is 0 Å². The van der Waals surface area contributed by atoms with Gasteiger partial charge in [-0.25, -0.2) is 0 Å². The summed E-state index contributed by atoms with van der Waals surface area (Å²) in [6.45, 7) is 1.42. The van der Waals surface area contributed by atoms with Gasteiger partial charge in [0.05, 0.1) is 6.04 Å². The van der Waals surface area contributed by atoms with E-state index in [2.05, 4.69) is 4.98 Å². The average Bonchev–Trinajstić information content (AvgIpc) is 2.69. The van der Waals surface area contributed by atoms with E-state index in [0.29, 0.717) is 6.42 Å². The minimum atomic E-state index is -0.654. The Bertz CT molecular complexity index is 504. The van der Waals surface area contributed by atoms with Gasteiger partial charge in [0, 0.05) is 17.1 Å². The number of ketones is 1. The van der Waals surface area contributed by atoms with E-state index in [1.54, 1.807) is 5.48 Å². The van der Waals surface area contributed by atoms with Gasteiger partial charge in [0.25, 0.3) is 0 Å². The molecule has 0 aliphatic heterocycles. The van der Waals surface area contributed by atoms with E-state index in [1.807, 2.05) is 30.5 Å². The van der Waals surface area contributed by atoms with Gasteiger partial charge < -0.3 is 15.7 Å². The van der Waals surface area contributed by atoms with Crippen molar-refractivity contribution in [1.29, 1.82) is 0 Å². The van der Waals surface area contributed by atoms with Crippen molar-refractivity contribution in [3.8, 4) is 0 Å². The molecule has 0 spiro atoms. The van der Waals surface area contributed by atoms with Crippen molar-refractivity contribution in [3.05, 3.63) is 41.2 Å². The fourth-order valence-corrected chi connectivity index (χ4v) is 1.79. The van der Waals surface area contributed by atoms with Gasteiger partial charge in [0.2, 0.25) is 0 Å². The third kappa shape index (κ3) is 1.98. The summed E-state index contributed by atoms with van der Waals surface area (Å²) < 4.78 is 0. The van der Waals surface area contributed by atoms with E-state index in [0.717, 1.165) is 16.5 Å². The summed E-state index contributed by atoms with van der Waals surface area (Å²) in [4.78, 5) is 14.3. The van der Waals surface area contributed by atoms with Crippen molar-refractivity contribution in [2.24, 2.45) is 0 Å². The molecule has 0 aliphatic rings. The average molecular weight is 217 g/mol. The molecule has 0 fully saturated rings. The van der Waals surface area contributed by atoms with Crippen LogP contribution in [-0.2, 0) is 11.2 Å². The van der Waals surface area contributed by atoms with E-state index in [9.17, 15) is 10.0 Å². The summed E-state index contributed by atoms with van der Waals surface area (Å²) in [6.07, 6.45) is 2.26. The zero-order valence-corrected chi connectivity index (χ0v) is 8.99. The largest absolute Gasteiger partial charge is 0.787 e. The van der Waals surface area contributed by atoms with Gasteiger partial charge in [-0.3, -0.25) is 4.79 Å². The Balaban J connectivity index is 2.30. The smallest absolute Gasteiger partial charge is 0.146 e. The van der Waals surface area contributed by atoms with Crippen molar-refractivity contribution in [2.45, 2.75) is 19.4 Å². The van der Waals surface area contributed by atoms with Crippen LogP contribution in [0.4, 0.5) is 0 Å². The molecule has 2 aromatic rings. The number of hydrogen-bond donors (Lipinski definition) is 2. The van der Waals surface area contributed by atoms with Crippen LogP contribution in [-0.4, -0.2) is 16.8 Å². The van der Waals surface area contributed by atoms with Crippen LogP contribution >= 0.6 is 0 Å². The molecule has 1 heterocycles. The highest BCUT2D eigenvalue weighted by Crippen LogP contribution is 2.19. The Kier molecular flexibility index (Phi) is 3.03. The molecule has 0 saturated carbocycles. The number of hydrogen-bond acceptors (Lipinski definition) is 3. The minimum Gasteiger partial charge on any atom is -0.787 e. The van der Waals surface area contributed by atoms with E-state index in [4.69, 9.17) is 0 Å². The number of benzene rings is 1. The summed E-state index contributed by atoms with van der Waals surface area (Å²) in [7, 11) is 0. The third-order valence-corrected chi connectivity index (χ3v) is 2.73. The topological polar surface area (TPSA) is 68.0 Å². The summed E-state index contributed by atoms with van der Waals surface area (Å²) >= 11 is 0. The minimum absolute atomic E-state index is 0.139. The maximum absolute atomic E-state index is 11.2. The van der Waals surface area contributed by atoms with Crippen LogP contribution in [0.25, 0.3) is 10.9 Å². The molecule has 0 amide bonds. The van der Waals surface area contributed by atoms with Gasteiger partial charge in [-0.15, -0.1) is 0 Å². The number of para-hydroxylation sites is 1. The van der Waals surface area contributed by atoms with Gasteiger partial charge in [-0.05, 0) is 25.0 Å². The summed E-state index contributed by atoms with van der Waals surface area (Å²) in [5, 5.41) is 11.7. The normalized spacial score (nSPS) is 12.9. The number of nitrogens with one attached hydrogen (secondary N) is 2. The molecule has 1 aromatic carbocycles. The highest BCUT2D eigenvalue weighted by molar-refractivity contribution is 5.86. The molecule has 2 N–H and O–H groups in total. The second-order valence-electron chi connectivity index (χ2n) is 3.84. The van der Waals surface area contributed by atoms with Crippen molar-refractivity contribution in [2.75, 3.05) is 0 Å². The standard InChI is InChI=1S/C12H13N2O2/c1-8(15)12(14-16)6-9-7-13-11-5-3-2-4-10(9)11/h2-5,7,12-14H,6H2,1H3/q-1/t12-/m1/s1. The van der Waals surface area contributed by atoms with E-state index in [-0.39, 0.29) is 5.78 Å².